The summed E-state index contributed by atoms with van der Waals surface area (Å²) in [6.07, 6.45) is 15.1. The largest absolute Gasteiger partial charge is 0.462 e. The van der Waals surface area contributed by atoms with Crippen LogP contribution in [-0.4, -0.2) is 44.2 Å². The van der Waals surface area contributed by atoms with E-state index in [2.05, 4.69) is 38.7 Å². The lowest BCUT2D eigenvalue weighted by Gasteiger charge is -2.43. The number of nitrogens with zero attached hydrogens (tertiary/aromatic N) is 1. The molecule has 0 aromatic carbocycles. The molecule has 2 unspecified atom stereocenters. The first-order chi connectivity index (χ1) is 14.2. The zero-order valence-electron chi connectivity index (χ0n) is 20.4. The van der Waals surface area contributed by atoms with Gasteiger partial charge >= 0.3 is 5.97 Å². The number of carbonyl (C=O) groups is 1. The molecule has 1 saturated carbocycles. The second-order valence-electron chi connectivity index (χ2n) is 9.88. The van der Waals surface area contributed by atoms with Gasteiger partial charge in [-0.15, -0.1) is 0 Å². The summed E-state index contributed by atoms with van der Waals surface area (Å²) >= 11 is 0. The van der Waals surface area contributed by atoms with Crippen LogP contribution in [0.4, 0.5) is 0 Å². The summed E-state index contributed by atoms with van der Waals surface area (Å²) in [5, 5.41) is 0. The highest BCUT2D eigenvalue weighted by Gasteiger charge is 2.36. The molecule has 172 valence electrons. The summed E-state index contributed by atoms with van der Waals surface area (Å²) in [7, 11) is 2.02. The van der Waals surface area contributed by atoms with E-state index < -0.39 is 0 Å². The fourth-order valence-electron chi connectivity index (χ4n) is 4.66. The maximum Gasteiger partial charge on any atom is 0.331 e. The first-order valence-electron chi connectivity index (χ1n) is 11.7. The summed E-state index contributed by atoms with van der Waals surface area (Å²) in [6, 6.07) is 0. The Bertz CT molecular complexity index is 604. The van der Waals surface area contributed by atoms with Crippen molar-refractivity contribution in [1.82, 2.24) is 4.90 Å². The minimum absolute atomic E-state index is 0.271. The van der Waals surface area contributed by atoms with Gasteiger partial charge in [0.1, 0.15) is 0 Å². The van der Waals surface area contributed by atoms with Gasteiger partial charge in [-0.1, -0.05) is 57.4 Å². The van der Waals surface area contributed by atoms with E-state index in [1.165, 1.54) is 31.3 Å². The first-order valence-corrected chi connectivity index (χ1v) is 11.7. The highest BCUT2D eigenvalue weighted by atomic mass is 16.5. The molecule has 0 aromatic heterocycles. The third-order valence-corrected chi connectivity index (χ3v) is 6.55. The minimum atomic E-state index is -0.271. The molecule has 0 heterocycles. The first kappa shape index (κ1) is 26.6. The van der Waals surface area contributed by atoms with Crippen LogP contribution in [0.15, 0.2) is 35.5 Å². The number of rotatable bonds is 12. The molecular formula is C26H46N2O2. The fourth-order valence-corrected chi connectivity index (χ4v) is 4.66. The van der Waals surface area contributed by atoms with Gasteiger partial charge in [-0.3, -0.25) is 0 Å². The summed E-state index contributed by atoms with van der Waals surface area (Å²) in [5.41, 5.74) is 8.29. The molecule has 0 spiro atoms. The van der Waals surface area contributed by atoms with Crippen molar-refractivity contribution in [3.63, 3.8) is 0 Å². The van der Waals surface area contributed by atoms with Crippen molar-refractivity contribution in [3.8, 4) is 0 Å². The maximum atomic E-state index is 11.9. The van der Waals surface area contributed by atoms with E-state index in [1.54, 1.807) is 6.08 Å². The molecule has 2 atom stereocenters. The van der Waals surface area contributed by atoms with Crippen LogP contribution >= 0.6 is 0 Å². The molecule has 4 nitrogen and oxygen atoms in total. The molecule has 0 amide bonds. The predicted octanol–water partition coefficient (Wildman–Crippen LogP) is 5.50. The van der Waals surface area contributed by atoms with Crippen molar-refractivity contribution < 1.29 is 9.53 Å². The van der Waals surface area contributed by atoms with Crippen LogP contribution in [0.2, 0.25) is 0 Å². The van der Waals surface area contributed by atoms with Gasteiger partial charge in [0.15, 0.2) is 0 Å². The van der Waals surface area contributed by atoms with Crippen LogP contribution in [0.5, 0.6) is 0 Å². The van der Waals surface area contributed by atoms with E-state index in [0.29, 0.717) is 18.6 Å². The van der Waals surface area contributed by atoms with E-state index in [0.717, 1.165) is 43.3 Å². The molecule has 0 aromatic rings. The molecular weight excluding hydrogens is 372 g/mol. The molecule has 1 rings (SSSR count). The number of allylic oxidation sites excluding steroid dienone is 5. The normalized spacial score (nSPS) is 22.7. The summed E-state index contributed by atoms with van der Waals surface area (Å²) in [6.45, 7) is 14.3. The molecule has 1 fully saturated rings. The Balaban J connectivity index is 2.37. The number of ether oxygens (including phenoxy) is 1. The second-order valence-corrected chi connectivity index (χ2v) is 9.88. The average Bonchev–Trinajstić information content (AvgIpc) is 2.64. The van der Waals surface area contributed by atoms with Crippen LogP contribution < -0.4 is 5.73 Å². The maximum absolute atomic E-state index is 11.9. The van der Waals surface area contributed by atoms with E-state index in [4.69, 9.17) is 10.5 Å². The summed E-state index contributed by atoms with van der Waals surface area (Å²) < 4.78 is 5.28. The number of likely N-dealkylation sites (N-methyl/N-ethyl adjacent to an activating group) is 1. The molecule has 0 radical (unpaired) electrons. The van der Waals surface area contributed by atoms with Gasteiger partial charge in [-0.2, -0.15) is 0 Å². The van der Waals surface area contributed by atoms with E-state index in [9.17, 15) is 4.79 Å². The van der Waals surface area contributed by atoms with Crippen LogP contribution in [-0.2, 0) is 9.53 Å². The Kier molecular flexibility index (Phi) is 12.3. The topological polar surface area (TPSA) is 55.6 Å². The van der Waals surface area contributed by atoms with Crippen molar-refractivity contribution in [2.24, 2.45) is 23.0 Å². The predicted molar refractivity (Wildman–Crippen MR) is 128 cm³/mol. The Morgan fingerprint density at radius 3 is 2.67 bits per heavy atom. The van der Waals surface area contributed by atoms with Crippen molar-refractivity contribution in [3.05, 3.63) is 35.5 Å². The molecule has 30 heavy (non-hydrogen) atoms. The van der Waals surface area contributed by atoms with Crippen LogP contribution in [0.25, 0.3) is 0 Å². The minimum Gasteiger partial charge on any atom is -0.462 e. The van der Waals surface area contributed by atoms with Crippen LogP contribution in [0.1, 0.15) is 73.1 Å². The Hall–Kier alpha value is -1.39. The van der Waals surface area contributed by atoms with Crippen LogP contribution in [0.3, 0.4) is 0 Å². The standard InChI is InChI=1S/C26H46N2O2/c1-21(13-14-24-23(3)12-8-15-26(24,4)5)10-7-11-22(2)20-25(29)30-19-9-17-28(6)18-16-27/h7,10-11,20,23-24H,8-9,12-19,27H2,1-6H3/b11-7+,21-10+,22-20+. The third kappa shape index (κ3) is 10.6. The van der Waals surface area contributed by atoms with Gasteiger partial charge in [-0.05, 0) is 69.4 Å². The lowest BCUT2D eigenvalue weighted by molar-refractivity contribution is -0.137. The molecule has 1 aliphatic rings. The van der Waals surface area contributed by atoms with Gasteiger partial charge in [0, 0.05) is 25.7 Å². The monoisotopic (exact) mass is 418 g/mol. The SMILES string of the molecule is CC(/C=C/C=C(\C)CCC1C(C)CCCC1(C)C)=C\C(=O)OCCCN(C)CCN. The van der Waals surface area contributed by atoms with Crippen molar-refractivity contribution in [1.29, 1.82) is 0 Å². The number of carbonyl (C=O) groups excluding carboxylic acids is 1. The van der Waals surface area contributed by atoms with Crippen molar-refractivity contribution in [2.45, 2.75) is 73.1 Å². The van der Waals surface area contributed by atoms with Gasteiger partial charge in [0.05, 0.1) is 6.61 Å². The zero-order chi connectivity index (χ0) is 22.6. The molecule has 0 aliphatic heterocycles. The third-order valence-electron chi connectivity index (χ3n) is 6.55. The molecule has 4 heteroatoms. The van der Waals surface area contributed by atoms with Gasteiger partial charge in [0.2, 0.25) is 0 Å². The Morgan fingerprint density at radius 1 is 1.27 bits per heavy atom. The number of nitrogens with two attached hydrogens (primary N) is 1. The van der Waals surface area contributed by atoms with Crippen molar-refractivity contribution in [2.75, 3.05) is 33.3 Å². The Labute approximate surface area is 185 Å². The summed E-state index contributed by atoms with van der Waals surface area (Å²) in [5.74, 6) is 1.37. The quantitative estimate of drug-likeness (QED) is 0.197. The van der Waals surface area contributed by atoms with E-state index in [1.807, 2.05) is 26.1 Å². The van der Waals surface area contributed by atoms with Gasteiger partial charge in [0.25, 0.3) is 0 Å². The molecule has 2 N–H and O–H groups in total. The fraction of sp³-hybridized carbons (Fsp3) is 0.731. The molecule has 0 saturated heterocycles. The number of hydrogen-bond donors (Lipinski definition) is 1. The highest BCUT2D eigenvalue weighted by Crippen LogP contribution is 2.46. The Morgan fingerprint density at radius 2 is 2.00 bits per heavy atom. The zero-order valence-corrected chi connectivity index (χ0v) is 20.4. The van der Waals surface area contributed by atoms with Crippen molar-refractivity contribution >= 4 is 5.97 Å². The molecule has 0 bridgehead atoms. The summed E-state index contributed by atoms with van der Waals surface area (Å²) in [4.78, 5) is 14.0. The second kappa shape index (κ2) is 13.8. The van der Waals surface area contributed by atoms with E-state index >= 15 is 0 Å². The lowest BCUT2D eigenvalue weighted by atomic mass is 9.62. The van der Waals surface area contributed by atoms with Gasteiger partial charge < -0.3 is 15.4 Å². The van der Waals surface area contributed by atoms with Crippen LogP contribution in [0, 0.1) is 17.3 Å². The number of esters is 1. The number of hydrogen-bond acceptors (Lipinski definition) is 4. The smallest absolute Gasteiger partial charge is 0.331 e. The highest BCUT2D eigenvalue weighted by molar-refractivity contribution is 5.83. The van der Waals surface area contributed by atoms with Gasteiger partial charge in [-0.25, -0.2) is 4.79 Å². The molecule has 1 aliphatic carbocycles. The average molecular weight is 419 g/mol. The lowest BCUT2D eigenvalue weighted by Crippen LogP contribution is -2.33. The van der Waals surface area contributed by atoms with E-state index in [-0.39, 0.29) is 5.97 Å².